The first-order valence-corrected chi connectivity index (χ1v) is 8.50. The predicted molar refractivity (Wildman–Crippen MR) is 92.9 cm³/mol. The largest absolute Gasteiger partial charge is 0.460 e. The number of ketones is 1. The van der Waals surface area contributed by atoms with Gasteiger partial charge in [-0.3, -0.25) is 9.59 Å². The van der Waals surface area contributed by atoms with Crippen LogP contribution in [0.3, 0.4) is 0 Å². The summed E-state index contributed by atoms with van der Waals surface area (Å²) in [6, 6.07) is 4.73. The number of benzene rings is 1. The molecule has 0 aliphatic carbocycles. The van der Waals surface area contributed by atoms with Crippen molar-refractivity contribution >= 4 is 16.8 Å². The maximum absolute atomic E-state index is 12.5. The van der Waals surface area contributed by atoms with Crippen LogP contribution in [0.5, 0.6) is 0 Å². The van der Waals surface area contributed by atoms with Crippen molar-refractivity contribution in [1.29, 1.82) is 0 Å². The molecule has 7 heteroatoms. The SMILES string of the molecule is CC(=O)Cc1cc(=O)c2c(C)ccc([C@@H]3O[C@H](CO)C(O)CC3O)c2o1. The fourth-order valence-corrected chi connectivity index (χ4v) is 3.39. The third-order valence-electron chi connectivity index (χ3n) is 4.66. The average molecular weight is 362 g/mol. The molecule has 0 saturated carbocycles. The smallest absolute Gasteiger partial charge is 0.193 e. The van der Waals surface area contributed by atoms with Crippen LogP contribution in [-0.2, 0) is 16.0 Å². The number of rotatable bonds is 4. The van der Waals surface area contributed by atoms with Gasteiger partial charge in [0.15, 0.2) is 5.43 Å². The average Bonchev–Trinajstić information content (AvgIpc) is 2.55. The van der Waals surface area contributed by atoms with Gasteiger partial charge in [0.05, 0.1) is 30.6 Å². The summed E-state index contributed by atoms with van der Waals surface area (Å²) in [5, 5.41) is 30.0. The maximum Gasteiger partial charge on any atom is 0.193 e. The molecule has 1 fully saturated rings. The fraction of sp³-hybridized carbons (Fsp3) is 0.474. The van der Waals surface area contributed by atoms with E-state index in [-0.39, 0.29) is 35.4 Å². The predicted octanol–water partition coefficient (Wildman–Crippen LogP) is 0.777. The molecule has 2 aromatic rings. The lowest BCUT2D eigenvalue weighted by Gasteiger charge is -2.36. The number of aliphatic hydroxyl groups is 3. The van der Waals surface area contributed by atoms with Gasteiger partial charge in [0.2, 0.25) is 0 Å². The van der Waals surface area contributed by atoms with E-state index in [1.807, 2.05) is 0 Å². The van der Waals surface area contributed by atoms with Crippen molar-refractivity contribution in [2.75, 3.05) is 6.61 Å². The topological polar surface area (TPSA) is 117 Å². The molecule has 1 aromatic carbocycles. The minimum absolute atomic E-state index is 0.00931. The highest BCUT2D eigenvalue weighted by atomic mass is 16.5. The van der Waals surface area contributed by atoms with E-state index in [1.165, 1.54) is 13.0 Å². The Labute approximate surface area is 149 Å². The first-order valence-electron chi connectivity index (χ1n) is 8.50. The lowest BCUT2D eigenvalue weighted by molar-refractivity contribution is -0.181. The van der Waals surface area contributed by atoms with Crippen molar-refractivity contribution in [3.8, 4) is 0 Å². The van der Waals surface area contributed by atoms with Crippen LogP contribution in [0.2, 0.25) is 0 Å². The highest BCUT2D eigenvalue weighted by Crippen LogP contribution is 2.36. The van der Waals surface area contributed by atoms with Gasteiger partial charge in [-0.25, -0.2) is 0 Å². The Bertz CT molecular complexity index is 885. The van der Waals surface area contributed by atoms with Gasteiger partial charge in [-0.2, -0.15) is 0 Å². The first kappa shape index (κ1) is 18.7. The summed E-state index contributed by atoms with van der Waals surface area (Å²) in [6.07, 6.45) is -3.70. The van der Waals surface area contributed by atoms with Gasteiger partial charge in [-0.1, -0.05) is 12.1 Å². The number of aryl methyl sites for hydroxylation is 1. The highest BCUT2D eigenvalue weighted by molar-refractivity contribution is 5.84. The van der Waals surface area contributed by atoms with Crippen LogP contribution in [0.25, 0.3) is 11.0 Å². The molecule has 140 valence electrons. The van der Waals surface area contributed by atoms with Gasteiger partial charge in [0.25, 0.3) is 0 Å². The number of carbonyl (C=O) groups is 1. The molecule has 1 aromatic heterocycles. The van der Waals surface area contributed by atoms with Gasteiger partial charge < -0.3 is 24.5 Å². The van der Waals surface area contributed by atoms with E-state index in [2.05, 4.69) is 0 Å². The molecule has 0 radical (unpaired) electrons. The Morgan fingerprint density at radius 1 is 1.27 bits per heavy atom. The second-order valence-electron chi connectivity index (χ2n) is 6.78. The molecule has 1 aliphatic rings. The Morgan fingerprint density at radius 2 is 2.00 bits per heavy atom. The highest BCUT2D eigenvalue weighted by Gasteiger charge is 2.38. The van der Waals surface area contributed by atoms with Crippen LogP contribution >= 0.6 is 0 Å². The number of hydrogen-bond donors (Lipinski definition) is 3. The minimum atomic E-state index is -1.03. The van der Waals surface area contributed by atoms with Crippen molar-refractivity contribution in [2.24, 2.45) is 0 Å². The molecule has 4 atom stereocenters. The summed E-state index contributed by atoms with van der Waals surface area (Å²) in [6.45, 7) is 2.78. The molecular formula is C19H22O7. The van der Waals surface area contributed by atoms with Crippen molar-refractivity contribution in [1.82, 2.24) is 0 Å². The Hall–Kier alpha value is -2.06. The van der Waals surface area contributed by atoms with Crippen LogP contribution in [0.15, 0.2) is 27.4 Å². The van der Waals surface area contributed by atoms with Crippen molar-refractivity contribution < 1.29 is 29.3 Å². The third kappa shape index (κ3) is 3.43. The van der Waals surface area contributed by atoms with Crippen LogP contribution in [0.1, 0.15) is 36.3 Å². The molecule has 0 amide bonds. The van der Waals surface area contributed by atoms with E-state index in [1.54, 1.807) is 19.1 Å². The van der Waals surface area contributed by atoms with Crippen LogP contribution in [0.4, 0.5) is 0 Å². The molecule has 1 aliphatic heterocycles. The number of fused-ring (bicyclic) bond motifs is 1. The Morgan fingerprint density at radius 3 is 2.65 bits per heavy atom. The zero-order valence-corrected chi connectivity index (χ0v) is 14.6. The molecular weight excluding hydrogens is 340 g/mol. The summed E-state index contributed by atoms with van der Waals surface area (Å²) >= 11 is 0. The molecule has 3 rings (SSSR count). The summed E-state index contributed by atoms with van der Waals surface area (Å²) in [4.78, 5) is 23.9. The van der Waals surface area contributed by atoms with Crippen LogP contribution < -0.4 is 5.43 Å². The van der Waals surface area contributed by atoms with E-state index < -0.39 is 31.0 Å². The van der Waals surface area contributed by atoms with Crippen LogP contribution in [0, 0.1) is 6.92 Å². The standard InChI is InChI=1S/C19H22O7/c1-9-3-4-12(18-15(24)7-13(22)16(8-20)26-18)19-17(9)14(23)6-11(25-19)5-10(2)21/h3-4,6,13,15-16,18,20,22,24H,5,7-8H2,1-2H3/t13?,15?,16-,18+/m1/s1. The maximum atomic E-state index is 12.5. The number of hydrogen-bond acceptors (Lipinski definition) is 7. The quantitative estimate of drug-likeness (QED) is 0.735. The van der Waals surface area contributed by atoms with Crippen molar-refractivity contribution in [2.45, 2.75) is 51.1 Å². The second kappa shape index (κ2) is 7.28. The van der Waals surface area contributed by atoms with Gasteiger partial charge in [-0.15, -0.1) is 0 Å². The summed E-state index contributed by atoms with van der Waals surface area (Å²) in [5.41, 5.74) is 1.14. The van der Waals surface area contributed by atoms with Gasteiger partial charge in [-0.05, 0) is 19.4 Å². The number of ether oxygens (including phenoxy) is 1. The number of Topliss-reactive ketones (excluding diaryl/α,β-unsaturated/α-hetero) is 1. The van der Waals surface area contributed by atoms with Gasteiger partial charge >= 0.3 is 0 Å². The van der Waals surface area contributed by atoms with Crippen molar-refractivity contribution in [3.63, 3.8) is 0 Å². The molecule has 3 N–H and O–H groups in total. The monoisotopic (exact) mass is 362 g/mol. The van der Waals surface area contributed by atoms with Gasteiger partial charge in [0.1, 0.15) is 29.3 Å². The lowest BCUT2D eigenvalue weighted by atomic mass is 9.92. The van der Waals surface area contributed by atoms with Crippen molar-refractivity contribution in [3.05, 3.63) is 45.3 Å². The molecule has 7 nitrogen and oxygen atoms in total. The number of carbonyl (C=O) groups excluding carboxylic acids is 1. The molecule has 1 saturated heterocycles. The molecule has 2 unspecified atom stereocenters. The number of aliphatic hydroxyl groups excluding tert-OH is 3. The fourth-order valence-electron chi connectivity index (χ4n) is 3.39. The Kier molecular flexibility index (Phi) is 5.24. The van der Waals surface area contributed by atoms with Crippen LogP contribution in [-0.4, -0.2) is 46.0 Å². The molecule has 0 bridgehead atoms. The lowest BCUT2D eigenvalue weighted by Crippen LogP contribution is -2.44. The van der Waals surface area contributed by atoms with E-state index in [0.717, 1.165) is 0 Å². The molecule has 26 heavy (non-hydrogen) atoms. The normalized spacial score (nSPS) is 26.2. The molecule has 2 heterocycles. The summed E-state index contributed by atoms with van der Waals surface area (Å²) in [5.74, 6) is 0.102. The minimum Gasteiger partial charge on any atom is -0.460 e. The third-order valence-corrected chi connectivity index (χ3v) is 4.66. The van der Waals surface area contributed by atoms with Gasteiger partial charge in [0, 0.05) is 18.1 Å². The van der Waals surface area contributed by atoms with E-state index in [4.69, 9.17) is 9.15 Å². The summed E-state index contributed by atoms with van der Waals surface area (Å²) in [7, 11) is 0. The second-order valence-corrected chi connectivity index (χ2v) is 6.78. The summed E-state index contributed by atoms with van der Waals surface area (Å²) < 4.78 is 11.5. The van der Waals surface area contributed by atoms with E-state index in [9.17, 15) is 24.9 Å². The molecule has 0 spiro atoms. The first-order chi connectivity index (χ1) is 12.3. The van der Waals surface area contributed by atoms with E-state index >= 15 is 0 Å². The zero-order valence-electron chi connectivity index (χ0n) is 14.6. The Balaban J connectivity index is 2.16. The van der Waals surface area contributed by atoms with E-state index in [0.29, 0.717) is 16.5 Å². The zero-order chi connectivity index (χ0) is 19.0.